The van der Waals surface area contributed by atoms with Gasteiger partial charge in [-0.25, -0.2) is 0 Å². The van der Waals surface area contributed by atoms with Gasteiger partial charge in [0.2, 0.25) is 0 Å². The van der Waals surface area contributed by atoms with Gasteiger partial charge in [0.15, 0.2) is 0 Å². The van der Waals surface area contributed by atoms with Crippen molar-refractivity contribution in [2.24, 2.45) is 5.92 Å². The molecule has 0 N–H and O–H groups in total. The normalized spacial score (nSPS) is 30.7. The largest absolute Gasteiger partial charge is 0.0833 e. The fraction of sp³-hybridized carbons (Fsp3) is 0.333. The highest BCUT2D eigenvalue weighted by Crippen LogP contribution is 2.43. The molecule has 12 heavy (non-hydrogen) atoms. The third-order valence-corrected chi connectivity index (χ3v) is 3.08. The van der Waals surface area contributed by atoms with Crippen LogP contribution in [0.5, 0.6) is 0 Å². The van der Waals surface area contributed by atoms with E-state index in [4.69, 9.17) is 0 Å². The Morgan fingerprint density at radius 3 is 3.25 bits per heavy atom. The summed E-state index contributed by atoms with van der Waals surface area (Å²) in [5, 5.41) is 0. The van der Waals surface area contributed by atoms with Crippen LogP contribution in [0, 0.1) is 5.92 Å². The highest BCUT2D eigenvalue weighted by molar-refractivity contribution is 5.53. The van der Waals surface area contributed by atoms with E-state index in [1.54, 1.807) is 16.7 Å². The first-order chi connectivity index (χ1) is 5.95. The van der Waals surface area contributed by atoms with Crippen molar-refractivity contribution in [3.05, 3.63) is 47.1 Å². The lowest BCUT2D eigenvalue weighted by Gasteiger charge is -2.21. The smallest absolute Gasteiger partial charge is 0.00611 e. The molecule has 0 bridgehead atoms. The van der Waals surface area contributed by atoms with E-state index >= 15 is 0 Å². The van der Waals surface area contributed by atoms with Crippen LogP contribution in [0.4, 0.5) is 0 Å². The quantitative estimate of drug-likeness (QED) is 0.505. The summed E-state index contributed by atoms with van der Waals surface area (Å²) in [5.74, 6) is 0.715. The Morgan fingerprint density at radius 1 is 1.25 bits per heavy atom. The van der Waals surface area contributed by atoms with Gasteiger partial charge in [-0.2, -0.15) is 0 Å². The summed E-state index contributed by atoms with van der Waals surface area (Å²) in [5.41, 5.74) is 4.85. The minimum atomic E-state index is 0.715. The van der Waals surface area contributed by atoms with Gasteiger partial charge in [0.25, 0.3) is 0 Å². The Kier molecular flexibility index (Phi) is 1.20. The lowest BCUT2D eigenvalue weighted by molar-refractivity contribution is 0.765. The molecule has 0 aromatic heterocycles. The summed E-state index contributed by atoms with van der Waals surface area (Å²) in [6, 6.07) is 0. The van der Waals surface area contributed by atoms with Crippen LogP contribution >= 0.6 is 0 Å². The molecule has 0 nitrogen and oxygen atoms in total. The van der Waals surface area contributed by atoms with E-state index in [-0.39, 0.29) is 0 Å². The Labute approximate surface area is 73.0 Å². The molecule has 3 aliphatic rings. The second-order valence-electron chi connectivity index (χ2n) is 3.76. The second kappa shape index (κ2) is 2.22. The molecule has 60 valence electrons. The van der Waals surface area contributed by atoms with Crippen LogP contribution in [0.2, 0.25) is 0 Å². The van der Waals surface area contributed by atoms with E-state index in [1.165, 1.54) is 19.3 Å². The second-order valence-corrected chi connectivity index (χ2v) is 3.76. The summed E-state index contributed by atoms with van der Waals surface area (Å²) in [6.07, 6.45) is 15.3. The molecule has 0 aliphatic heterocycles. The molecule has 0 heterocycles. The van der Waals surface area contributed by atoms with Crippen LogP contribution in [0.1, 0.15) is 19.3 Å². The van der Waals surface area contributed by atoms with Gasteiger partial charge in [-0.05, 0) is 36.0 Å². The van der Waals surface area contributed by atoms with Crippen LogP contribution in [0.15, 0.2) is 47.1 Å². The van der Waals surface area contributed by atoms with Crippen molar-refractivity contribution in [1.29, 1.82) is 0 Å². The van der Waals surface area contributed by atoms with Crippen LogP contribution in [0.3, 0.4) is 0 Å². The Morgan fingerprint density at radius 2 is 2.25 bits per heavy atom. The Hall–Kier alpha value is -1.04. The minimum Gasteiger partial charge on any atom is -0.0833 e. The van der Waals surface area contributed by atoms with Gasteiger partial charge < -0.3 is 0 Å². The molecule has 0 saturated heterocycles. The monoisotopic (exact) mass is 156 g/mol. The molecule has 0 aromatic rings. The summed E-state index contributed by atoms with van der Waals surface area (Å²) >= 11 is 0. The third-order valence-electron chi connectivity index (χ3n) is 3.08. The highest BCUT2D eigenvalue weighted by Gasteiger charge is 2.26. The Bertz CT molecular complexity index is 337. The first-order valence-electron chi connectivity index (χ1n) is 4.72. The molecule has 0 aromatic carbocycles. The molecule has 3 rings (SSSR count). The van der Waals surface area contributed by atoms with E-state index in [0.29, 0.717) is 5.92 Å². The van der Waals surface area contributed by atoms with Crippen LogP contribution < -0.4 is 0 Å². The van der Waals surface area contributed by atoms with Crippen molar-refractivity contribution < 1.29 is 0 Å². The average Bonchev–Trinajstić information content (AvgIpc) is 2.52. The molecule has 3 aliphatic carbocycles. The fourth-order valence-corrected chi connectivity index (χ4v) is 2.52. The maximum atomic E-state index is 2.34. The lowest BCUT2D eigenvalue weighted by Crippen LogP contribution is -2.06. The van der Waals surface area contributed by atoms with Gasteiger partial charge in [-0.3, -0.25) is 0 Å². The molecule has 0 spiro atoms. The summed E-state index contributed by atoms with van der Waals surface area (Å²) in [7, 11) is 0. The van der Waals surface area contributed by atoms with Crippen LogP contribution in [-0.2, 0) is 0 Å². The first kappa shape index (κ1) is 6.47. The molecule has 0 amide bonds. The third kappa shape index (κ3) is 0.726. The predicted octanol–water partition coefficient (Wildman–Crippen LogP) is 3.15. The number of rotatable bonds is 0. The summed E-state index contributed by atoms with van der Waals surface area (Å²) in [4.78, 5) is 0. The van der Waals surface area contributed by atoms with Gasteiger partial charge in [0, 0.05) is 5.92 Å². The lowest BCUT2D eigenvalue weighted by atomic mass is 9.83. The van der Waals surface area contributed by atoms with E-state index in [9.17, 15) is 0 Å². The molecule has 0 heteroatoms. The predicted molar refractivity (Wildman–Crippen MR) is 50.7 cm³/mol. The molecular weight excluding hydrogens is 144 g/mol. The van der Waals surface area contributed by atoms with Gasteiger partial charge in [0.1, 0.15) is 0 Å². The van der Waals surface area contributed by atoms with Crippen molar-refractivity contribution in [2.75, 3.05) is 0 Å². The van der Waals surface area contributed by atoms with Crippen LogP contribution in [0.25, 0.3) is 0 Å². The molecule has 1 atom stereocenters. The van der Waals surface area contributed by atoms with E-state index in [1.807, 2.05) is 0 Å². The molecular formula is C12H12. The van der Waals surface area contributed by atoms with Crippen molar-refractivity contribution in [3.8, 4) is 0 Å². The number of allylic oxidation sites excluding steroid dienone is 8. The van der Waals surface area contributed by atoms with Gasteiger partial charge in [0.05, 0.1) is 0 Å². The van der Waals surface area contributed by atoms with Crippen molar-refractivity contribution in [2.45, 2.75) is 19.3 Å². The standard InChI is InChI=1S/C12H12/c1-3-9-4-2-6-11-8-7-10(5-1)12(9)11/h1-3,5-6,9H,4,7-8H2. The van der Waals surface area contributed by atoms with E-state index in [2.05, 4.69) is 30.4 Å². The number of hydrogen-bond acceptors (Lipinski definition) is 0. The fourth-order valence-electron chi connectivity index (χ4n) is 2.52. The topological polar surface area (TPSA) is 0 Å². The minimum absolute atomic E-state index is 0.715. The zero-order valence-corrected chi connectivity index (χ0v) is 7.09. The molecule has 1 unspecified atom stereocenters. The van der Waals surface area contributed by atoms with Gasteiger partial charge in [-0.1, -0.05) is 30.4 Å². The van der Waals surface area contributed by atoms with Crippen LogP contribution in [-0.4, -0.2) is 0 Å². The maximum absolute atomic E-state index is 2.34. The maximum Gasteiger partial charge on any atom is 0.00611 e. The summed E-state index contributed by atoms with van der Waals surface area (Å²) < 4.78 is 0. The number of hydrogen-bond donors (Lipinski definition) is 0. The SMILES string of the molecule is C1=CC2CC=CC3=C2C(=C1)CC3. The van der Waals surface area contributed by atoms with Crippen molar-refractivity contribution in [3.63, 3.8) is 0 Å². The molecule has 0 saturated carbocycles. The van der Waals surface area contributed by atoms with Gasteiger partial charge >= 0.3 is 0 Å². The Balaban J connectivity index is 2.19. The van der Waals surface area contributed by atoms with Crippen molar-refractivity contribution in [1.82, 2.24) is 0 Å². The zero-order valence-electron chi connectivity index (χ0n) is 7.09. The molecule has 0 fully saturated rings. The first-order valence-corrected chi connectivity index (χ1v) is 4.72. The van der Waals surface area contributed by atoms with E-state index < -0.39 is 0 Å². The highest BCUT2D eigenvalue weighted by atomic mass is 14.3. The van der Waals surface area contributed by atoms with Gasteiger partial charge in [-0.15, -0.1) is 0 Å². The van der Waals surface area contributed by atoms with E-state index in [0.717, 1.165) is 0 Å². The average molecular weight is 156 g/mol. The zero-order chi connectivity index (χ0) is 7.97. The summed E-state index contributed by atoms with van der Waals surface area (Å²) in [6.45, 7) is 0. The van der Waals surface area contributed by atoms with Crippen molar-refractivity contribution >= 4 is 0 Å². The molecule has 0 radical (unpaired) electrons.